The summed E-state index contributed by atoms with van der Waals surface area (Å²) in [5.74, 6) is 4.06. The molecule has 2 N–H and O–H groups in total. The Morgan fingerprint density at radius 3 is 2.40 bits per heavy atom. The first-order valence-electron chi connectivity index (χ1n) is 9.31. The van der Waals surface area contributed by atoms with Gasteiger partial charge in [-0.2, -0.15) is 0 Å². The van der Waals surface area contributed by atoms with Gasteiger partial charge in [-0.15, -0.1) is 0 Å². The first-order valence-corrected chi connectivity index (χ1v) is 9.31. The van der Waals surface area contributed by atoms with E-state index in [0.29, 0.717) is 16.9 Å². The second-order valence-corrected chi connectivity index (χ2v) is 9.13. The molecule has 0 bridgehead atoms. The van der Waals surface area contributed by atoms with Crippen molar-refractivity contribution >= 4 is 0 Å². The first-order chi connectivity index (χ1) is 9.56. The molecular formula is C19H33N. The Morgan fingerprint density at radius 1 is 0.750 bits per heavy atom. The van der Waals surface area contributed by atoms with E-state index >= 15 is 0 Å². The van der Waals surface area contributed by atoms with E-state index in [9.17, 15) is 0 Å². The predicted molar refractivity (Wildman–Crippen MR) is 84.3 cm³/mol. The lowest BCUT2D eigenvalue weighted by molar-refractivity contribution is -0.105. The topological polar surface area (TPSA) is 26.0 Å². The van der Waals surface area contributed by atoms with Gasteiger partial charge in [-0.1, -0.05) is 26.7 Å². The van der Waals surface area contributed by atoms with Crippen LogP contribution in [0.2, 0.25) is 0 Å². The monoisotopic (exact) mass is 275 g/mol. The molecule has 0 aliphatic heterocycles. The highest BCUT2D eigenvalue weighted by Crippen LogP contribution is 2.65. The van der Waals surface area contributed by atoms with Gasteiger partial charge in [0.25, 0.3) is 0 Å². The molecule has 4 saturated carbocycles. The Hall–Kier alpha value is -0.0400. The molecule has 4 rings (SSSR count). The molecule has 4 fully saturated rings. The predicted octanol–water partition coefficient (Wildman–Crippen LogP) is 4.75. The maximum absolute atomic E-state index is 6.51. The fourth-order valence-corrected chi connectivity index (χ4v) is 7.34. The van der Waals surface area contributed by atoms with Crippen molar-refractivity contribution < 1.29 is 0 Å². The Balaban J connectivity index is 1.64. The summed E-state index contributed by atoms with van der Waals surface area (Å²) < 4.78 is 0. The van der Waals surface area contributed by atoms with Gasteiger partial charge in [0.15, 0.2) is 0 Å². The summed E-state index contributed by atoms with van der Waals surface area (Å²) in [6.07, 6.45) is 14.7. The molecule has 7 atom stereocenters. The van der Waals surface area contributed by atoms with Crippen LogP contribution in [0.4, 0.5) is 0 Å². The summed E-state index contributed by atoms with van der Waals surface area (Å²) >= 11 is 0. The molecule has 114 valence electrons. The minimum atomic E-state index is 0.485. The summed E-state index contributed by atoms with van der Waals surface area (Å²) in [5.41, 5.74) is 7.69. The molecule has 1 nitrogen and oxygen atoms in total. The average molecular weight is 275 g/mol. The van der Waals surface area contributed by atoms with Gasteiger partial charge in [-0.3, -0.25) is 0 Å². The van der Waals surface area contributed by atoms with Crippen molar-refractivity contribution in [2.24, 2.45) is 40.2 Å². The number of hydrogen-bond acceptors (Lipinski definition) is 1. The molecule has 0 saturated heterocycles. The fourth-order valence-electron chi connectivity index (χ4n) is 7.34. The molecule has 0 aromatic carbocycles. The number of rotatable bonds is 0. The highest BCUT2D eigenvalue weighted by atomic mass is 14.8. The maximum Gasteiger partial charge on any atom is 0.00957 e. The van der Waals surface area contributed by atoms with Crippen LogP contribution >= 0.6 is 0 Å². The Labute approximate surface area is 125 Å². The van der Waals surface area contributed by atoms with E-state index in [1.165, 1.54) is 64.2 Å². The standard InChI is InChI=1S/C19H33N/c1-18-11-4-3-5-13(18)6-7-14-15-8-9-17(20)19(15,2)12-10-16(14)18/h13-17H,3-12,20H2,1-2H3/t13-,14-,15+,16-,17-,18-,19-/m0/s1. The van der Waals surface area contributed by atoms with Crippen molar-refractivity contribution in [3.63, 3.8) is 0 Å². The SMILES string of the molecule is C[C@]12CC[C@H]3[C@@H](CC[C@@H]4CCCC[C@@]43C)[C@H]1CC[C@@H]2N. The molecule has 1 heteroatoms. The molecule has 0 radical (unpaired) electrons. The van der Waals surface area contributed by atoms with Crippen molar-refractivity contribution in [2.45, 2.75) is 84.1 Å². The van der Waals surface area contributed by atoms with Crippen LogP contribution in [0.3, 0.4) is 0 Å². The molecule has 0 aromatic heterocycles. The van der Waals surface area contributed by atoms with E-state index in [1.54, 1.807) is 0 Å². The van der Waals surface area contributed by atoms with E-state index in [-0.39, 0.29) is 0 Å². The lowest BCUT2D eigenvalue weighted by atomic mass is 9.45. The van der Waals surface area contributed by atoms with Crippen LogP contribution in [0.15, 0.2) is 0 Å². The lowest BCUT2D eigenvalue weighted by Crippen LogP contribution is -2.54. The average Bonchev–Trinajstić information content (AvgIpc) is 2.74. The van der Waals surface area contributed by atoms with Crippen LogP contribution in [-0.2, 0) is 0 Å². The van der Waals surface area contributed by atoms with Gasteiger partial charge in [0.05, 0.1) is 0 Å². The molecular weight excluding hydrogens is 242 g/mol. The third kappa shape index (κ3) is 1.65. The van der Waals surface area contributed by atoms with Gasteiger partial charge in [0, 0.05) is 6.04 Å². The van der Waals surface area contributed by atoms with Crippen molar-refractivity contribution in [2.75, 3.05) is 0 Å². The van der Waals surface area contributed by atoms with Gasteiger partial charge in [0.2, 0.25) is 0 Å². The largest absolute Gasteiger partial charge is 0.327 e. The van der Waals surface area contributed by atoms with Gasteiger partial charge >= 0.3 is 0 Å². The zero-order valence-electron chi connectivity index (χ0n) is 13.5. The van der Waals surface area contributed by atoms with Crippen molar-refractivity contribution in [1.29, 1.82) is 0 Å². The molecule has 0 unspecified atom stereocenters. The van der Waals surface area contributed by atoms with Crippen LogP contribution in [0.5, 0.6) is 0 Å². The molecule has 0 spiro atoms. The minimum absolute atomic E-state index is 0.485. The van der Waals surface area contributed by atoms with Crippen LogP contribution in [0.1, 0.15) is 78.1 Å². The van der Waals surface area contributed by atoms with Gasteiger partial charge in [0.1, 0.15) is 0 Å². The number of hydrogen-bond donors (Lipinski definition) is 1. The van der Waals surface area contributed by atoms with Crippen molar-refractivity contribution in [3.8, 4) is 0 Å². The third-order valence-corrected chi connectivity index (χ3v) is 8.66. The molecule has 0 heterocycles. The third-order valence-electron chi connectivity index (χ3n) is 8.66. The normalized spacial score (nSPS) is 58.6. The first kappa shape index (κ1) is 13.6. The Kier molecular flexibility index (Phi) is 3.05. The van der Waals surface area contributed by atoms with Gasteiger partial charge < -0.3 is 5.73 Å². The molecule has 20 heavy (non-hydrogen) atoms. The lowest BCUT2D eigenvalue weighted by Gasteiger charge is -2.60. The quantitative estimate of drug-likeness (QED) is 0.678. The second kappa shape index (κ2) is 4.48. The summed E-state index contributed by atoms with van der Waals surface area (Å²) in [5, 5.41) is 0. The van der Waals surface area contributed by atoms with Gasteiger partial charge in [-0.25, -0.2) is 0 Å². The second-order valence-electron chi connectivity index (χ2n) is 9.13. The van der Waals surface area contributed by atoms with E-state index in [1.807, 2.05) is 0 Å². The van der Waals surface area contributed by atoms with Crippen molar-refractivity contribution in [1.82, 2.24) is 0 Å². The number of fused-ring (bicyclic) bond motifs is 5. The van der Waals surface area contributed by atoms with Crippen molar-refractivity contribution in [3.05, 3.63) is 0 Å². The van der Waals surface area contributed by atoms with Crippen LogP contribution in [-0.4, -0.2) is 6.04 Å². The van der Waals surface area contributed by atoms with E-state index in [0.717, 1.165) is 23.7 Å². The Bertz CT molecular complexity index is 391. The number of nitrogens with two attached hydrogens (primary N) is 1. The summed E-state index contributed by atoms with van der Waals surface area (Å²) in [6.45, 7) is 5.20. The molecule has 4 aliphatic carbocycles. The van der Waals surface area contributed by atoms with Crippen LogP contribution in [0, 0.1) is 34.5 Å². The molecule has 4 aliphatic rings. The van der Waals surface area contributed by atoms with Crippen LogP contribution in [0.25, 0.3) is 0 Å². The molecule has 0 amide bonds. The highest BCUT2D eigenvalue weighted by molar-refractivity contribution is 5.09. The van der Waals surface area contributed by atoms with E-state index < -0.39 is 0 Å². The smallest absolute Gasteiger partial charge is 0.00957 e. The molecule has 0 aromatic rings. The van der Waals surface area contributed by atoms with E-state index in [2.05, 4.69) is 13.8 Å². The van der Waals surface area contributed by atoms with Gasteiger partial charge in [-0.05, 0) is 85.9 Å². The Morgan fingerprint density at radius 2 is 1.55 bits per heavy atom. The summed E-state index contributed by atoms with van der Waals surface area (Å²) in [4.78, 5) is 0. The maximum atomic E-state index is 6.51. The van der Waals surface area contributed by atoms with E-state index in [4.69, 9.17) is 5.73 Å². The zero-order chi connectivity index (χ0) is 14.0. The highest BCUT2D eigenvalue weighted by Gasteiger charge is 2.58. The van der Waals surface area contributed by atoms with Crippen LogP contribution < -0.4 is 5.73 Å². The zero-order valence-corrected chi connectivity index (χ0v) is 13.5. The fraction of sp³-hybridized carbons (Fsp3) is 1.00. The minimum Gasteiger partial charge on any atom is -0.327 e. The summed E-state index contributed by atoms with van der Waals surface area (Å²) in [6, 6.07) is 0.491. The summed E-state index contributed by atoms with van der Waals surface area (Å²) in [7, 11) is 0.